The molecule has 2 aliphatic rings. The van der Waals surface area contributed by atoms with Gasteiger partial charge in [0.25, 0.3) is 5.91 Å². The van der Waals surface area contributed by atoms with Gasteiger partial charge in [0.15, 0.2) is 0 Å². The second-order valence-electron chi connectivity index (χ2n) is 7.05. The van der Waals surface area contributed by atoms with Crippen LogP contribution in [0.1, 0.15) is 16.8 Å². The Balaban J connectivity index is 1.58. The van der Waals surface area contributed by atoms with E-state index in [1.807, 2.05) is 35.4 Å². The molecule has 0 aliphatic carbocycles. The normalized spacial score (nSPS) is 26.0. The Kier molecular flexibility index (Phi) is 3.62. The van der Waals surface area contributed by atoms with Crippen LogP contribution in [0.3, 0.4) is 0 Å². The van der Waals surface area contributed by atoms with Crippen molar-refractivity contribution in [1.82, 2.24) is 14.8 Å². The third kappa shape index (κ3) is 2.75. The molecule has 1 amide bonds. The lowest BCUT2D eigenvalue weighted by Crippen LogP contribution is -2.43. The molecular weight excluding hydrogens is 290 g/mol. The first-order chi connectivity index (χ1) is 11.2. The van der Waals surface area contributed by atoms with Crippen LogP contribution >= 0.6 is 0 Å². The van der Waals surface area contributed by atoms with Crippen LogP contribution in [0.15, 0.2) is 30.5 Å². The molecular formula is C18H23N3O2. The van der Waals surface area contributed by atoms with Gasteiger partial charge in [-0.25, -0.2) is 0 Å². The van der Waals surface area contributed by atoms with E-state index in [0.717, 1.165) is 49.1 Å². The number of nitrogens with zero attached hydrogens (tertiary/aromatic N) is 2. The summed E-state index contributed by atoms with van der Waals surface area (Å²) in [5.74, 6) is 0.118. The minimum Gasteiger partial charge on any atom is -0.379 e. The SMILES string of the molecule is CN1CC[C@@]2(COCCN(C(=O)c3ccc4[nH]ccc4c3)C2)C1. The molecule has 1 spiro atoms. The third-order valence-corrected chi connectivity index (χ3v) is 5.16. The Labute approximate surface area is 136 Å². The Morgan fingerprint density at radius 1 is 1.26 bits per heavy atom. The van der Waals surface area contributed by atoms with Crippen molar-refractivity contribution in [2.24, 2.45) is 5.41 Å². The van der Waals surface area contributed by atoms with Crippen molar-refractivity contribution in [3.63, 3.8) is 0 Å². The van der Waals surface area contributed by atoms with Crippen molar-refractivity contribution in [3.05, 3.63) is 36.0 Å². The predicted octanol–water partition coefficient (Wildman–Crippen LogP) is 1.96. The second kappa shape index (κ2) is 5.65. The van der Waals surface area contributed by atoms with E-state index in [4.69, 9.17) is 4.74 Å². The van der Waals surface area contributed by atoms with Gasteiger partial charge < -0.3 is 19.5 Å². The van der Waals surface area contributed by atoms with E-state index in [1.165, 1.54) is 0 Å². The highest BCUT2D eigenvalue weighted by Crippen LogP contribution is 2.33. The van der Waals surface area contributed by atoms with E-state index >= 15 is 0 Å². The summed E-state index contributed by atoms with van der Waals surface area (Å²) < 4.78 is 5.83. The van der Waals surface area contributed by atoms with Gasteiger partial charge in [0, 0.05) is 47.7 Å². The van der Waals surface area contributed by atoms with E-state index < -0.39 is 0 Å². The molecule has 3 heterocycles. The second-order valence-corrected chi connectivity index (χ2v) is 7.05. The highest BCUT2D eigenvalue weighted by Gasteiger charge is 2.41. The number of carbonyl (C=O) groups is 1. The molecule has 1 aromatic heterocycles. The quantitative estimate of drug-likeness (QED) is 0.875. The maximum absolute atomic E-state index is 13.0. The number of H-pyrrole nitrogens is 1. The molecule has 5 heteroatoms. The standard InChI is InChI=1S/C18H23N3O2/c1-20-7-5-18(11-20)12-21(8-9-23-13-18)17(22)15-2-3-16-14(10-15)4-6-19-16/h2-4,6,10,19H,5,7-9,11-13H2,1H3/t18-/m1/s1. The number of hydrogen-bond acceptors (Lipinski definition) is 3. The first-order valence-corrected chi connectivity index (χ1v) is 8.28. The Morgan fingerprint density at radius 2 is 2.17 bits per heavy atom. The zero-order chi connectivity index (χ0) is 15.9. The average molecular weight is 313 g/mol. The van der Waals surface area contributed by atoms with Gasteiger partial charge in [-0.3, -0.25) is 4.79 Å². The molecule has 2 aliphatic heterocycles. The van der Waals surface area contributed by atoms with Crippen LogP contribution in [0.25, 0.3) is 10.9 Å². The topological polar surface area (TPSA) is 48.6 Å². The van der Waals surface area contributed by atoms with Crippen LogP contribution < -0.4 is 0 Å². The summed E-state index contributed by atoms with van der Waals surface area (Å²) in [6, 6.07) is 7.88. The van der Waals surface area contributed by atoms with Gasteiger partial charge in [0.2, 0.25) is 0 Å². The number of hydrogen-bond donors (Lipinski definition) is 1. The number of aromatic nitrogens is 1. The highest BCUT2D eigenvalue weighted by atomic mass is 16.5. The van der Waals surface area contributed by atoms with Crippen molar-refractivity contribution in [2.45, 2.75) is 6.42 Å². The molecule has 1 N–H and O–H groups in total. The van der Waals surface area contributed by atoms with Crippen LogP contribution in [0.5, 0.6) is 0 Å². The fraction of sp³-hybridized carbons (Fsp3) is 0.500. The number of fused-ring (bicyclic) bond motifs is 1. The zero-order valence-electron chi connectivity index (χ0n) is 13.5. The maximum atomic E-state index is 13.0. The van der Waals surface area contributed by atoms with Crippen LogP contribution in [0.4, 0.5) is 0 Å². The molecule has 23 heavy (non-hydrogen) atoms. The summed E-state index contributed by atoms with van der Waals surface area (Å²) in [5, 5.41) is 1.08. The molecule has 2 fully saturated rings. The van der Waals surface area contributed by atoms with Crippen LogP contribution in [0.2, 0.25) is 0 Å². The lowest BCUT2D eigenvalue weighted by molar-refractivity contribution is 0.0659. The number of benzene rings is 1. The Morgan fingerprint density at radius 3 is 3.00 bits per heavy atom. The smallest absolute Gasteiger partial charge is 0.253 e. The van der Waals surface area contributed by atoms with Crippen molar-refractivity contribution in [3.8, 4) is 0 Å². The van der Waals surface area contributed by atoms with Gasteiger partial charge in [-0.05, 0) is 44.3 Å². The highest BCUT2D eigenvalue weighted by molar-refractivity contribution is 5.98. The first kappa shape index (κ1) is 14.7. The van der Waals surface area contributed by atoms with Crippen molar-refractivity contribution in [1.29, 1.82) is 0 Å². The summed E-state index contributed by atoms with van der Waals surface area (Å²) >= 11 is 0. The number of rotatable bonds is 1. The van der Waals surface area contributed by atoms with E-state index in [1.54, 1.807) is 0 Å². The van der Waals surface area contributed by atoms with Crippen molar-refractivity contribution in [2.75, 3.05) is 46.4 Å². The molecule has 5 nitrogen and oxygen atoms in total. The molecule has 2 aromatic rings. The minimum atomic E-state index is 0.0963. The predicted molar refractivity (Wildman–Crippen MR) is 89.6 cm³/mol. The summed E-state index contributed by atoms with van der Waals surface area (Å²) in [6.07, 6.45) is 3.01. The van der Waals surface area contributed by atoms with Gasteiger partial charge in [-0.1, -0.05) is 0 Å². The molecule has 1 aromatic carbocycles. The minimum absolute atomic E-state index is 0.0963. The van der Waals surface area contributed by atoms with E-state index in [2.05, 4.69) is 16.9 Å². The molecule has 0 saturated carbocycles. The largest absolute Gasteiger partial charge is 0.379 e. The number of likely N-dealkylation sites (tertiary alicyclic amines) is 1. The third-order valence-electron chi connectivity index (χ3n) is 5.16. The van der Waals surface area contributed by atoms with E-state index in [-0.39, 0.29) is 11.3 Å². The molecule has 1 atom stereocenters. The summed E-state index contributed by atoms with van der Waals surface area (Å²) in [7, 11) is 2.14. The van der Waals surface area contributed by atoms with Crippen molar-refractivity contribution >= 4 is 16.8 Å². The molecule has 0 bridgehead atoms. The summed E-state index contributed by atoms with van der Waals surface area (Å²) in [6.45, 7) is 4.95. The number of amides is 1. The molecule has 0 unspecified atom stereocenters. The van der Waals surface area contributed by atoms with Gasteiger partial charge in [0.1, 0.15) is 0 Å². The van der Waals surface area contributed by atoms with E-state index in [0.29, 0.717) is 13.2 Å². The van der Waals surface area contributed by atoms with Crippen LogP contribution in [-0.4, -0.2) is 67.1 Å². The fourth-order valence-corrected chi connectivity index (χ4v) is 3.94. The first-order valence-electron chi connectivity index (χ1n) is 8.28. The van der Waals surface area contributed by atoms with Gasteiger partial charge in [0.05, 0.1) is 13.2 Å². The Bertz CT molecular complexity index is 726. The molecule has 122 valence electrons. The fourth-order valence-electron chi connectivity index (χ4n) is 3.94. The number of carbonyl (C=O) groups excluding carboxylic acids is 1. The zero-order valence-corrected chi connectivity index (χ0v) is 13.5. The van der Waals surface area contributed by atoms with E-state index in [9.17, 15) is 4.79 Å². The molecule has 0 radical (unpaired) electrons. The molecule has 4 rings (SSSR count). The van der Waals surface area contributed by atoms with Gasteiger partial charge >= 0.3 is 0 Å². The van der Waals surface area contributed by atoms with Gasteiger partial charge in [-0.2, -0.15) is 0 Å². The summed E-state index contributed by atoms with van der Waals surface area (Å²) in [4.78, 5) is 20.5. The number of aromatic amines is 1. The summed E-state index contributed by atoms with van der Waals surface area (Å²) in [5.41, 5.74) is 1.93. The molecule has 2 saturated heterocycles. The lowest BCUT2D eigenvalue weighted by Gasteiger charge is -2.31. The maximum Gasteiger partial charge on any atom is 0.253 e. The average Bonchev–Trinajstić information content (AvgIpc) is 3.09. The lowest BCUT2D eigenvalue weighted by atomic mass is 9.87. The van der Waals surface area contributed by atoms with Crippen molar-refractivity contribution < 1.29 is 9.53 Å². The number of ether oxygens (including phenoxy) is 1. The number of nitrogens with one attached hydrogen (secondary N) is 1. The van der Waals surface area contributed by atoms with Crippen LogP contribution in [0, 0.1) is 5.41 Å². The van der Waals surface area contributed by atoms with Crippen LogP contribution in [-0.2, 0) is 4.74 Å². The Hall–Kier alpha value is -1.85. The monoisotopic (exact) mass is 313 g/mol. The van der Waals surface area contributed by atoms with Gasteiger partial charge in [-0.15, -0.1) is 0 Å².